The summed E-state index contributed by atoms with van der Waals surface area (Å²) in [6.45, 7) is 0.273. The van der Waals surface area contributed by atoms with Gasteiger partial charge in [0.05, 0.1) is 23.0 Å². The van der Waals surface area contributed by atoms with Crippen LogP contribution in [0, 0.1) is 0 Å². The highest BCUT2D eigenvalue weighted by Gasteiger charge is 2.17. The second-order valence-electron chi connectivity index (χ2n) is 3.89. The topological polar surface area (TPSA) is 62.2 Å². The average molecular weight is 268 g/mol. The number of nitrogens with zero attached hydrogens (tertiary/aromatic N) is 2. The van der Waals surface area contributed by atoms with Gasteiger partial charge in [0.1, 0.15) is 5.69 Å². The molecular formula is C12H14ClN3O2. The van der Waals surface area contributed by atoms with Crippen LogP contribution in [0.25, 0.3) is 5.69 Å². The molecule has 1 aromatic heterocycles. The Morgan fingerprint density at radius 1 is 1.39 bits per heavy atom. The third kappa shape index (κ3) is 1.91. The largest absolute Gasteiger partial charge is 0.393 e. The van der Waals surface area contributed by atoms with Gasteiger partial charge in [-0.1, -0.05) is 23.7 Å². The molecule has 0 unspecified atom stereocenters. The van der Waals surface area contributed by atoms with Gasteiger partial charge in [-0.05, 0) is 12.1 Å². The maximum atomic E-state index is 12.1. The number of benzene rings is 1. The quantitative estimate of drug-likeness (QED) is 0.918. The molecule has 0 aliphatic heterocycles. The number of rotatable bonds is 3. The molecule has 2 aromatic rings. The zero-order valence-corrected chi connectivity index (χ0v) is 10.9. The third-order valence-corrected chi connectivity index (χ3v) is 3.11. The summed E-state index contributed by atoms with van der Waals surface area (Å²) in [6, 6.07) is 7.11. The lowest BCUT2D eigenvalue weighted by atomic mass is 10.3. The highest BCUT2D eigenvalue weighted by atomic mass is 35.5. The van der Waals surface area contributed by atoms with Crippen LogP contribution in [0.4, 0.5) is 5.69 Å². The van der Waals surface area contributed by atoms with E-state index in [-0.39, 0.29) is 17.9 Å². The highest BCUT2D eigenvalue weighted by molar-refractivity contribution is 6.32. The standard InChI is InChI=1S/C12H14ClN3O2/c1-15-10(7-18-2)11(14)12(17)16(15)9-6-4-3-5-8(9)13/h3-6H,7,14H2,1-2H3. The molecule has 6 heteroatoms. The maximum absolute atomic E-state index is 12.1. The zero-order valence-electron chi connectivity index (χ0n) is 10.2. The van der Waals surface area contributed by atoms with Crippen molar-refractivity contribution in [1.82, 2.24) is 9.36 Å². The molecule has 0 amide bonds. The van der Waals surface area contributed by atoms with E-state index in [4.69, 9.17) is 22.1 Å². The summed E-state index contributed by atoms with van der Waals surface area (Å²) in [5.74, 6) is 0. The van der Waals surface area contributed by atoms with Crippen LogP contribution in [0.2, 0.25) is 5.02 Å². The van der Waals surface area contributed by atoms with E-state index in [9.17, 15) is 4.79 Å². The molecule has 0 atom stereocenters. The minimum atomic E-state index is -0.294. The van der Waals surface area contributed by atoms with Crippen molar-refractivity contribution in [2.45, 2.75) is 6.61 Å². The van der Waals surface area contributed by atoms with Crippen molar-refractivity contribution < 1.29 is 4.74 Å². The van der Waals surface area contributed by atoms with Crippen molar-refractivity contribution in [2.24, 2.45) is 7.05 Å². The van der Waals surface area contributed by atoms with E-state index < -0.39 is 0 Å². The fourth-order valence-corrected chi connectivity index (χ4v) is 2.09. The van der Waals surface area contributed by atoms with E-state index in [0.717, 1.165) is 0 Å². The van der Waals surface area contributed by atoms with Crippen molar-refractivity contribution in [1.29, 1.82) is 0 Å². The monoisotopic (exact) mass is 267 g/mol. The lowest BCUT2D eigenvalue weighted by Crippen LogP contribution is -2.21. The number of hydrogen-bond donors (Lipinski definition) is 1. The normalized spacial score (nSPS) is 10.8. The van der Waals surface area contributed by atoms with Gasteiger partial charge < -0.3 is 10.5 Å². The Bertz CT molecular complexity index is 631. The van der Waals surface area contributed by atoms with Crippen LogP contribution in [0.5, 0.6) is 0 Å². The number of anilines is 1. The molecule has 0 bridgehead atoms. The van der Waals surface area contributed by atoms with Crippen LogP contribution < -0.4 is 11.3 Å². The van der Waals surface area contributed by atoms with E-state index in [1.54, 1.807) is 37.0 Å². The Hall–Kier alpha value is -1.72. The molecule has 0 saturated heterocycles. The summed E-state index contributed by atoms with van der Waals surface area (Å²) in [5, 5.41) is 0.490. The fourth-order valence-electron chi connectivity index (χ4n) is 1.87. The number of ether oxygens (including phenoxy) is 1. The molecule has 0 aliphatic carbocycles. The summed E-state index contributed by atoms with van der Waals surface area (Å²) in [4.78, 5) is 12.1. The maximum Gasteiger partial charge on any atom is 0.294 e. The molecule has 2 N–H and O–H groups in total. The van der Waals surface area contributed by atoms with Crippen molar-refractivity contribution >= 4 is 17.3 Å². The van der Waals surface area contributed by atoms with Gasteiger partial charge in [0.2, 0.25) is 0 Å². The van der Waals surface area contributed by atoms with Crippen molar-refractivity contribution in [3.8, 4) is 5.69 Å². The number of nitrogens with two attached hydrogens (primary N) is 1. The number of halogens is 1. The van der Waals surface area contributed by atoms with Crippen LogP contribution in [0.3, 0.4) is 0 Å². The van der Waals surface area contributed by atoms with E-state index in [2.05, 4.69) is 0 Å². The van der Waals surface area contributed by atoms with Gasteiger partial charge in [0.15, 0.2) is 0 Å². The molecular weight excluding hydrogens is 254 g/mol. The summed E-state index contributed by atoms with van der Waals surface area (Å²) in [7, 11) is 3.30. The summed E-state index contributed by atoms with van der Waals surface area (Å²) >= 11 is 6.10. The average Bonchev–Trinajstić information content (AvgIpc) is 2.55. The molecule has 2 rings (SSSR count). The summed E-state index contributed by atoms with van der Waals surface area (Å²) in [5.41, 5.74) is 6.91. The molecule has 0 saturated carbocycles. The van der Waals surface area contributed by atoms with Crippen molar-refractivity contribution in [3.63, 3.8) is 0 Å². The molecule has 0 spiro atoms. The summed E-state index contributed by atoms with van der Waals surface area (Å²) < 4.78 is 8.13. The van der Waals surface area contributed by atoms with Gasteiger partial charge in [-0.3, -0.25) is 9.48 Å². The molecule has 0 fully saturated rings. The lowest BCUT2D eigenvalue weighted by Gasteiger charge is -2.10. The fraction of sp³-hybridized carbons (Fsp3) is 0.250. The second-order valence-corrected chi connectivity index (χ2v) is 4.29. The number of methoxy groups -OCH3 is 1. The van der Waals surface area contributed by atoms with Crippen molar-refractivity contribution in [2.75, 3.05) is 12.8 Å². The number of nitrogen functional groups attached to an aromatic ring is 1. The van der Waals surface area contributed by atoms with Crippen LogP contribution in [-0.2, 0) is 18.4 Å². The Kier molecular flexibility index (Phi) is 3.45. The molecule has 96 valence electrons. The van der Waals surface area contributed by atoms with Gasteiger partial charge in [-0.25, -0.2) is 4.68 Å². The molecule has 18 heavy (non-hydrogen) atoms. The molecule has 1 aromatic carbocycles. The number of hydrogen-bond acceptors (Lipinski definition) is 3. The predicted molar refractivity (Wildman–Crippen MR) is 71.1 cm³/mol. The predicted octanol–water partition coefficient (Wildman–Crippen LogP) is 1.56. The van der Waals surface area contributed by atoms with Gasteiger partial charge >= 0.3 is 0 Å². The first-order valence-electron chi connectivity index (χ1n) is 5.38. The Labute approximate surface area is 109 Å². The van der Waals surface area contributed by atoms with Crippen LogP contribution in [0.15, 0.2) is 29.1 Å². The van der Waals surface area contributed by atoms with Crippen LogP contribution in [0.1, 0.15) is 5.69 Å². The van der Waals surface area contributed by atoms with E-state index in [0.29, 0.717) is 16.4 Å². The summed E-state index contributed by atoms with van der Waals surface area (Å²) in [6.07, 6.45) is 0. The Morgan fingerprint density at radius 3 is 2.67 bits per heavy atom. The first-order valence-corrected chi connectivity index (χ1v) is 5.76. The van der Waals surface area contributed by atoms with Gasteiger partial charge in [0.25, 0.3) is 5.56 Å². The highest BCUT2D eigenvalue weighted by Crippen LogP contribution is 2.20. The molecule has 5 nitrogen and oxygen atoms in total. The first-order chi connectivity index (χ1) is 8.57. The number of aromatic nitrogens is 2. The van der Waals surface area contributed by atoms with Crippen LogP contribution >= 0.6 is 11.6 Å². The Morgan fingerprint density at radius 2 is 2.06 bits per heavy atom. The van der Waals surface area contributed by atoms with E-state index in [1.807, 2.05) is 6.07 Å². The van der Waals surface area contributed by atoms with Gasteiger partial charge in [-0.2, -0.15) is 0 Å². The zero-order chi connectivity index (χ0) is 13.3. The second kappa shape index (κ2) is 4.88. The van der Waals surface area contributed by atoms with Crippen LogP contribution in [-0.4, -0.2) is 16.5 Å². The lowest BCUT2D eigenvalue weighted by molar-refractivity contribution is 0.177. The SMILES string of the molecule is COCc1c(N)c(=O)n(-c2ccccc2Cl)n1C. The number of para-hydroxylation sites is 1. The smallest absolute Gasteiger partial charge is 0.294 e. The van der Waals surface area contributed by atoms with E-state index >= 15 is 0 Å². The molecule has 0 aliphatic rings. The van der Waals surface area contributed by atoms with Gasteiger partial charge in [0, 0.05) is 14.2 Å². The van der Waals surface area contributed by atoms with Crippen molar-refractivity contribution in [3.05, 3.63) is 45.3 Å². The molecule has 1 heterocycles. The molecule has 0 radical (unpaired) electrons. The van der Waals surface area contributed by atoms with E-state index in [1.165, 1.54) is 4.68 Å². The van der Waals surface area contributed by atoms with Gasteiger partial charge in [-0.15, -0.1) is 0 Å². The minimum absolute atomic E-state index is 0.180. The third-order valence-electron chi connectivity index (χ3n) is 2.79. The first kappa shape index (κ1) is 12.7. The Balaban J connectivity index is 2.70. The minimum Gasteiger partial charge on any atom is -0.393 e.